The van der Waals surface area contributed by atoms with Gasteiger partial charge in [-0.2, -0.15) is 4.31 Å². The molecule has 0 saturated carbocycles. The zero-order valence-corrected chi connectivity index (χ0v) is 23.3. The van der Waals surface area contributed by atoms with Crippen LogP contribution in [0.25, 0.3) is 0 Å². The third kappa shape index (κ3) is 6.33. The van der Waals surface area contributed by atoms with Crippen LogP contribution in [0, 0.1) is 10.1 Å². The van der Waals surface area contributed by atoms with Crippen LogP contribution in [0.3, 0.4) is 0 Å². The molecule has 0 spiro atoms. The molecule has 11 heteroatoms. The summed E-state index contributed by atoms with van der Waals surface area (Å²) in [6.45, 7) is 0.0817. The monoisotopic (exact) mass is 568 g/mol. The van der Waals surface area contributed by atoms with Gasteiger partial charge in [-0.05, 0) is 66.6 Å². The Labute approximate surface area is 233 Å². The van der Waals surface area contributed by atoms with Crippen LogP contribution in [-0.4, -0.2) is 51.2 Å². The number of ether oxygens (including phenoxy) is 3. The molecule has 0 fully saturated rings. The molecule has 0 radical (unpaired) electrons. The van der Waals surface area contributed by atoms with E-state index in [0.717, 1.165) is 29.5 Å². The fraction of sp³-hybridized carbons (Fsp3) is 0.345. The Balaban J connectivity index is 1.81. The van der Waals surface area contributed by atoms with Gasteiger partial charge in [0.05, 0.1) is 23.6 Å². The van der Waals surface area contributed by atoms with Gasteiger partial charge in [-0.3, -0.25) is 10.1 Å². The minimum Gasteiger partial charge on any atom is -0.467 e. The highest BCUT2D eigenvalue weighted by molar-refractivity contribution is 7.89. The molecule has 0 aliphatic heterocycles. The third-order valence-electron chi connectivity index (χ3n) is 7.00. The number of sulfonamides is 1. The topological polar surface area (TPSA) is 125 Å². The zero-order chi connectivity index (χ0) is 28.7. The molecule has 1 aliphatic carbocycles. The number of methoxy groups -OCH3 is 2. The molecule has 3 aromatic carbocycles. The van der Waals surface area contributed by atoms with Crippen molar-refractivity contribution in [3.8, 4) is 5.75 Å². The molecule has 0 aromatic heterocycles. The van der Waals surface area contributed by atoms with Crippen molar-refractivity contribution in [2.45, 2.75) is 43.0 Å². The largest absolute Gasteiger partial charge is 0.467 e. The van der Waals surface area contributed by atoms with Crippen LogP contribution in [0.5, 0.6) is 5.75 Å². The lowest BCUT2D eigenvalue weighted by molar-refractivity contribution is -0.387. The molecule has 1 unspecified atom stereocenters. The van der Waals surface area contributed by atoms with E-state index < -0.39 is 32.6 Å². The van der Waals surface area contributed by atoms with Gasteiger partial charge < -0.3 is 14.2 Å². The molecular formula is C29H32N2O8S. The smallest absolute Gasteiger partial charge is 0.337 e. The van der Waals surface area contributed by atoms with Crippen LogP contribution in [0.15, 0.2) is 71.6 Å². The highest BCUT2D eigenvalue weighted by Crippen LogP contribution is 2.39. The minimum atomic E-state index is -4.33. The summed E-state index contributed by atoms with van der Waals surface area (Å²) in [7, 11) is -1.51. The number of nitro groups is 1. The fourth-order valence-electron chi connectivity index (χ4n) is 5.10. The Bertz CT molecular complexity index is 1470. The van der Waals surface area contributed by atoms with Crippen LogP contribution < -0.4 is 4.74 Å². The van der Waals surface area contributed by atoms with Gasteiger partial charge >= 0.3 is 5.97 Å². The average Bonchev–Trinajstić information content (AvgIpc) is 3.18. The van der Waals surface area contributed by atoms with E-state index in [2.05, 4.69) is 0 Å². The fourth-order valence-corrected chi connectivity index (χ4v) is 6.90. The Morgan fingerprint density at radius 2 is 1.80 bits per heavy atom. The van der Waals surface area contributed by atoms with Crippen molar-refractivity contribution in [3.05, 3.63) is 99.1 Å². The SMILES string of the molecule is COCOc1ccccc1CCN(C1CCCCc2cc(C(=O)OC)ccc21)S(=O)(=O)c1ccccc1[N+](=O)[O-]. The van der Waals surface area contributed by atoms with Gasteiger partial charge in [0.15, 0.2) is 11.7 Å². The second kappa shape index (κ2) is 13.0. The Morgan fingerprint density at radius 1 is 1.05 bits per heavy atom. The first-order valence-corrected chi connectivity index (χ1v) is 14.4. The number of rotatable bonds is 11. The van der Waals surface area contributed by atoms with E-state index in [4.69, 9.17) is 14.2 Å². The molecule has 0 N–H and O–H groups in total. The molecule has 3 aromatic rings. The van der Waals surface area contributed by atoms with E-state index >= 15 is 0 Å². The maximum Gasteiger partial charge on any atom is 0.337 e. The predicted molar refractivity (Wildman–Crippen MR) is 148 cm³/mol. The lowest BCUT2D eigenvalue weighted by Gasteiger charge is -2.32. The van der Waals surface area contributed by atoms with Crippen LogP contribution in [-0.2, 0) is 32.3 Å². The molecule has 4 rings (SSSR count). The number of esters is 1. The van der Waals surface area contributed by atoms with E-state index in [1.54, 1.807) is 24.3 Å². The first kappa shape index (κ1) is 29.2. The normalized spacial score (nSPS) is 15.2. The molecule has 1 atom stereocenters. The molecule has 212 valence electrons. The Morgan fingerprint density at radius 3 is 2.55 bits per heavy atom. The quantitative estimate of drug-likeness (QED) is 0.103. The lowest BCUT2D eigenvalue weighted by Crippen LogP contribution is -2.37. The summed E-state index contributed by atoms with van der Waals surface area (Å²) in [4.78, 5) is 23.0. The van der Waals surface area contributed by atoms with Crippen LogP contribution >= 0.6 is 0 Å². The Hall–Kier alpha value is -3.80. The summed E-state index contributed by atoms with van der Waals surface area (Å²) in [6.07, 6.45) is 3.03. The van der Waals surface area contributed by atoms with Crippen molar-refractivity contribution < 1.29 is 32.3 Å². The van der Waals surface area contributed by atoms with Crippen LogP contribution in [0.4, 0.5) is 5.69 Å². The molecule has 0 saturated heterocycles. The molecule has 0 amide bonds. The van der Waals surface area contributed by atoms with Gasteiger partial charge in [0.25, 0.3) is 5.69 Å². The van der Waals surface area contributed by atoms with Crippen molar-refractivity contribution in [3.63, 3.8) is 0 Å². The van der Waals surface area contributed by atoms with Crippen LogP contribution in [0.2, 0.25) is 0 Å². The molecule has 10 nitrogen and oxygen atoms in total. The second-order valence-corrected chi connectivity index (χ2v) is 11.3. The lowest BCUT2D eigenvalue weighted by atomic mass is 9.96. The first-order chi connectivity index (χ1) is 19.3. The first-order valence-electron chi connectivity index (χ1n) is 12.9. The highest BCUT2D eigenvalue weighted by Gasteiger charge is 2.38. The second-order valence-electron chi connectivity index (χ2n) is 9.42. The number of nitrogens with zero attached hydrogens (tertiary/aromatic N) is 2. The van der Waals surface area contributed by atoms with Gasteiger partial charge in [0.2, 0.25) is 10.0 Å². The number of carbonyl (C=O) groups excluding carboxylic acids is 1. The predicted octanol–water partition coefficient (Wildman–Crippen LogP) is 5.07. The van der Waals surface area contributed by atoms with E-state index in [0.29, 0.717) is 30.6 Å². The van der Waals surface area contributed by atoms with Gasteiger partial charge in [0, 0.05) is 19.7 Å². The summed E-state index contributed by atoms with van der Waals surface area (Å²) < 4.78 is 45.5. The summed E-state index contributed by atoms with van der Waals surface area (Å²) >= 11 is 0. The van der Waals surface area contributed by atoms with E-state index in [9.17, 15) is 23.3 Å². The molecule has 0 bridgehead atoms. The summed E-state index contributed by atoms with van der Waals surface area (Å²) in [5.41, 5.74) is 2.32. The van der Waals surface area contributed by atoms with Gasteiger partial charge in [0.1, 0.15) is 5.75 Å². The summed E-state index contributed by atoms with van der Waals surface area (Å²) in [5, 5.41) is 11.8. The van der Waals surface area contributed by atoms with Crippen molar-refractivity contribution in [2.75, 3.05) is 27.6 Å². The number of hydrogen-bond donors (Lipinski definition) is 0. The number of fused-ring (bicyclic) bond motifs is 1. The maximum absolute atomic E-state index is 14.3. The molecular weight excluding hydrogens is 536 g/mol. The van der Waals surface area contributed by atoms with E-state index in [1.165, 1.54) is 42.8 Å². The number of benzene rings is 3. The van der Waals surface area contributed by atoms with Crippen molar-refractivity contribution in [1.29, 1.82) is 0 Å². The Kier molecular flexibility index (Phi) is 9.51. The van der Waals surface area contributed by atoms with Crippen molar-refractivity contribution >= 4 is 21.7 Å². The number of carbonyl (C=O) groups is 1. The molecule has 1 aliphatic rings. The summed E-state index contributed by atoms with van der Waals surface area (Å²) in [5.74, 6) is 0.0945. The molecule has 40 heavy (non-hydrogen) atoms. The number of para-hydroxylation sites is 2. The van der Waals surface area contributed by atoms with Gasteiger partial charge in [-0.1, -0.05) is 42.8 Å². The number of nitro benzene ring substituents is 1. The highest BCUT2D eigenvalue weighted by atomic mass is 32.2. The van der Waals surface area contributed by atoms with Gasteiger partial charge in [-0.15, -0.1) is 0 Å². The maximum atomic E-state index is 14.3. The van der Waals surface area contributed by atoms with Crippen LogP contribution in [0.1, 0.15) is 52.4 Å². The summed E-state index contributed by atoms with van der Waals surface area (Å²) in [6, 6.07) is 17.2. The van der Waals surface area contributed by atoms with E-state index in [1.807, 2.05) is 18.2 Å². The van der Waals surface area contributed by atoms with Crippen molar-refractivity contribution in [1.82, 2.24) is 4.31 Å². The standard InChI is InChI=1S/C29H32N2O8S/c1-37-20-39-27-13-7-4-9-21(27)17-18-30(40(35,36)28-14-8-6-12-26(28)31(33)34)25-11-5-3-10-22-19-23(29(32)38-2)15-16-24(22)25/h4,6-9,12-16,19,25H,3,5,10-11,17-18,20H2,1-2H3. The number of aryl methyl sites for hydroxylation is 1. The number of hydrogen-bond acceptors (Lipinski definition) is 8. The molecule has 0 heterocycles. The third-order valence-corrected chi connectivity index (χ3v) is 8.95. The zero-order valence-electron chi connectivity index (χ0n) is 22.4. The minimum absolute atomic E-state index is 0.0355. The van der Waals surface area contributed by atoms with Crippen molar-refractivity contribution in [2.24, 2.45) is 0 Å². The van der Waals surface area contributed by atoms with Gasteiger partial charge in [-0.25, -0.2) is 13.2 Å². The average molecular weight is 569 g/mol. The van der Waals surface area contributed by atoms with E-state index in [-0.39, 0.29) is 18.2 Å².